The summed E-state index contributed by atoms with van der Waals surface area (Å²) in [6, 6.07) is 11.9. The molecule has 3 fully saturated rings. The number of rotatable bonds is 8. The molecule has 10 nitrogen and oxygen atoms in total. The number of nitrogens with one attached hydrogen (secondary N) is 2. The van der Waals surface area contributed by atoms with Crippen LogP contribution in [0, 0.1) is 0 Å². The van der Waals surface area contributed by atoms with Gasteiger partial charge in [0.25, 0.3) is 5.56 Å². The lowest BCUT2D eigenvalue weighted by Crippen LogP contribution is -2.60. The minimum Gasteiger partial charge on any atom is -0.389 e. The SMILES string of the molecule is CN(C)C1(c2ccccc2)CCC2(CC1)CN(CCC(=O)Nc1nccc(=O)[nH]1)C(O)N2CC1(O)CCC1. The molecule has 2 heterocycles. The number of β-amino-alcohol motifs (C(OH)–C–C–N with tert-alkyl or cyclic N) is 1. The second kappa shape index (κ2) is 10.5. The maximum atomic E-state index is 12.6. The summed E-state index contributed by atoms with van der Waals surface area (Å²) in [5.41, 5.74) is -0.144. The molecule has 1 aromatic heterocycles. The van der Waals surface area contributed by atoms with Gasteiger partial charge in [-0.1, -0.05) is 30.3 Å². The van der Waals surface area contributed by atoms with E-state index in [1.165, 1.54) is 17.8 Å². The molecule has 1 aliphatic heterocycles. The minimum atomic E-state index is -0.870. The lowest BCUT2D eigenvalue weighted by molar-refractivity contribution is -0.144. The number of nitrogens with zero attached hydrogens (tertiary/aromatic N) is 4. The van der Waals surface area contributed by atoms with Crippen LogP contribution in [0.15, 0.2) is 47.4 Å². The highest BCUT2D eigenvalue weighted by Crippen LogP contribution is 2.50. The first kappa shape index (κ1) is 27.0. The molecule has 5 rings (SSSR count). The number of benzene rings is 1. The molecule has 1 saturated heterocycles. The first-order valence-corrected chi connectivity index (χ1v) is 13.6. The molecule has 0 radical (unpaired) electrons. The average Bonchev–Trinajstić information content (AvgIpc) is 3.13. The topological polar surface area (TPSA) is 125 Å². The van der Waals surface area contributed by atoms with Crippen LogP contribution in [0.3, 0.4) is 0 Å². The average molecular weight is 525 g/mol. The van der Waals surface area contributed by atoms with Gasteiger partial charge >= 0.3 is 0 Å². The molecule has 2 saturated carbocycles. The molecule has 2 aliphatic carbocycles. The van der Waals surface area contributed by atoms with Crippen molar-refractivity contribution in [2.24, 2.45) is 0 Å². The smallest absolute Gasteiger partial charge is 0.252 e. The lowest BCUT2D eigenvalue weighted by atomic mass is 9.67. The Labute approximate surface area is 223 Å². The van der Waals surface area contributed by atoms with Gasteiger partial charge in [0.15, 0.2) is 6.35 Å². The van der Waals surface area contributed by atoms with Gasteiger partial charge in [-0.2, -0.15) is 0 Å². The first-order chi connectivity index (χ1) is 18.1. The molecule has 38 heavy (non-hydrogen) atoms. The van der Waals surface area contributed by atoms with Crippen LogP contribution in [-0.4, -0.2) is 92.0 Å². The van der Waals surface area contributed by atoms with Crippen molar-refractivity contribution in [2.45, 2.75) is 74.4 Å². The van der Waals surface area contributed by atoms with Crippen LogP contribution in [-0.2, 0) is 10.3 Å². The van der Waals surface area contributed by atoms with Crippen molar-refractivity contribution in [3.05, 3.63) is 58.5 Å². The van der Waals surface area contributed by atoms with E-state index >= 15 is 0 Å². The quantitative estimate of drug-likeness (QED) is 0.411. The third-order valence-corrected chi connectivity index (χ3v) is 9.19. The number of anilines is 1. The monoisotopic (exact) mass is 524 g/mol. The van der Waals surface area contributed by atoms with Gasteiger partial charge in [0.1, 0.15) is 0 Å². The molecule has 206 valence electrons. The van der Waals surface area contributed by atoms with Crippen LogP contribution in [0.2, 0.25) is 0 Å². The molecule has 0 bridgehead atoms. The molecule has 10 heteroatoms. The van der Waals surface area contributed by atoms with Gasteiger partial charge in [-0.05, 0) is 64.6 Å². The number of aliphatic hydroxyl groups is 2. The number of hydrogen-bond donors (Lipinski definition) is 4. The maximum Gasteiger partial charge on any atom is 0.252 e. The minimum absolute atomic E-state index is 0.0800. The number of carbonyl (C=O) groups excluding carboxylic acids is 1. The van der Waals surface area contributed by atoms with Crippen LogP contribution in [0.5, 0.6) is 0 Å². The number of amides is 1. The fourth-order valence-electron chi connectivity index (χ4n) is 6.69. The van der Waals surface area contributed by atoms with Crippen molar-refractivity contribution in [3.63, 3.8) is 0 Å². The van der Waals surface area contributed by atoms with Crippen LogP contribution in [0.1, 0.15) is 56.9 Å². The van der Waals surface area contributed by atoms with Gasteiger partial charge in [-0.15, -0.1) is 0 Å². The van der Waals surface area contributed by atoms with E-state index in [9.17, 15) is 19.8 Å². The zero-order chi connectivity index (χ0) is 27.0. The standard InChI is InChI=1S/C28H40N6O4/c1-32(2)28(21-7-4-3-5-8-21)15-13-26(14-16-28)19-33(25(37)34(26)20-27(38)11-6-12-27)18-10-23(36)31-24-29-17-9-22(35)30-24/h3-5,7-9,17,25,37-38H,6,10-16,18-20H2,1-2H3,(H2,29,30,31,35,36). The molecule has 1 amide bonds. The zero-order valence-electron chi connectivity index (χ0n) is 22.4. The van der Waals surface area contributed by atoms with Crippen molar-refractivity contribution in [2.75, 3.05) is 39.0 Å². The summed E-state index contributed by atoms with van der Waals surface area (Å²) in [6.07, 6.45) is 6.77. The predicted molar refractivity (Wildman–Crippen MR) is 144 cm³/mol. The molecule has 1 aromatic carbocycles. The van der Waals surface area contributed by atoms with Gasteiger partial charge in [0, 0.05) is 49.4 Å². The van der Waals surface area contributed by atoms with Crippen LogP contribution >= 0.6 is 0 Å². The third kappa shape index (κ3) is 5.15. The van der Waals surface area contributed by atoms with E-state index in [-0.39, 0.29) is 34.9 Å². The Bertz CT molecular complexity index is 1170. The Morgan fingerprint density at radius 2 is 1.84 bits per heavy atom. The van der Waals surface area contributed by atoms with E-state index in [4.69, 9.17) is 0 Å². The molecule has 3 aliphatic rings. The van der Waals surface area contributed by atoms with Crippen molar-refractivity contribution >= 4 is 11.9 Å². The van der Waals surface area contributed by atoms with E-state index in [0.29, 0.717) is 19.6 Å². The highest BCUT2D eigenvalue weighted by Gasteiger charge is 2.56. The number of aliphatic hydroxyl groups excluding tert-OH is 1. The van der Waals surface area contributed by atoms with Crippen molar-refractivity contribution in [3.8, 4) is 0 Å². The molecule has 1 unspecified atom stereocenters. The normalized spacial score (nSPS) is 29.4. The third-order valence-electron chi connectivity index (χ3n) is 9.19. The Kier molecular flexibility index (Phi) is 7.45. The molecular weight excluding hydrogens is 484 g/mol. The summed E-state index contributed by atoms with van der Waals surface area (Å²) in [6.45, 7) is 1.43. The Balaban J connectivity index is 1.31. The van der Waals surface area contributed by atoms with Crippen LogP contribution in [0.4, 0.5) is 5.95 Å². The highest BCUT2D eigenvalue weighted by atomic mass is 16.3. The van der Waals surface area contributed by atoms with E-state index in [1.807, 2.05) is 11.0 Å². The summed E-state index contributed by atoms with van der Waals surface area (Å²) in [5, 5.41) is 25.2. The fraction of sp³-hybridized carbons (Fsp3) is 0.607. The first-order valence-electron chi connectivity index (χ1n) is 13.6. The van der Waals surface area contributed by atoms with E-state index in [1.54, 1.807) is 0 Å². The fourth-order valence-corrected chi connectivity index (χ4v) is 6.69. The summed E-state index contributed by atoms with van der Waals surface area (Å²) in [4.78, 5) is 37.0. The molecule has 2 aromatic rings. The lowest BCUT2D eigenvalue weighted by Gasteiger charge is -2.53. The Morgan fingerprint density at radius 1 is 1.13 bits per heavy atom. The number of hydrogen-bond acceptors (Lipinski definition) is 8. The summed E-state index contributed by atoms with van der Waals surface area (Å²) in [5.74, 6) is -0.168. The van der Waals surface area contributed by atoms with Gasteiger partial charge in [-0.25, -0.2) is 4.98 Å². The summed E-state index contributed by atoms with van der Waals surface area (Å²) < 4.78 is 0. The highest BCUT2D eigenvalue weighted by molar-refractivity contribution is 5.88. The maximum absolute atomic E-state index is 12.6. The Hall–Kier alpha value is -2.63. The number of H-pyrrole nitrogens is 1. The predicted octanol–water partition coefficient (Wildman–Crippen LogP) is 1.68. The van der Waals surface area contributed by atoms with Gasteiger partial charge in [0.2, 0.25) is 11.9 Å². The van der Waals surface area contributed by atoms with Gasteiger partial charge in [-0.3, -0.25) is 34.6 Å². The van der Waals surface area contributed by atoms with E-state index in [2.05, 4.69) is 63.4 Å². The van der Waals surface area contributed by atoms with Gasteiger partial charge in [0.05, 0.1) is 5.60 Å². The number of aromatic nitrogens is 2. The second-order valence-corrected chi connectivity index (χ2v) is 11.6. The molecular formula is C28H40N6O4. The summed E-state index contributed by atoms with van der Waals surface area (Å²) >= 11 is 0. The summed E-state index contributed by atoms with van der Waals surface area (Å²) in [7, 11) is 4.28. The van der Waals surface area contributed by atoms with Gasteiger partial charge < -0.3 is 10.2 Å². The van der Waals surface area contributed by atoms with Crippen molar-refractivity contribution in [1.82, 2.24) is 24.7 Å². The largest absolute Gasteiger partial charge is 0.389 e. The zero-order valence-corrected chi connectivity index (χ0v) is 22.4. The van der Waals surface area contributed by atoms with E-state index < -0.39 is 12.0 Å². The second-order valence-electron chi connectivity index (χ2n) is 11.6. The van der Waals surface area contributed by atoms with E-state index in [0.717, 1.165) is 44.9 Å². The molecule has 1 atom stereocenters. The van der Waals surface area contributed by atoms with Crippen LogP contribution in [0.25, 0.3) is 0 Å². The number of aromatic amines is 1. The van der Waals surface area contributed by atoms with Crippen molar-refractivity contribution in [1.29, 1.82) is 0 Å². The molecule has 1 spiro atoms. The van der Waals surface area contributed by atoms with Crippen molar-refractivity contribution < 1.29 is 15.0 Å². The molecule has 4 N–H and O–H groups in total. The van der Waals surface area contributed by atoms with Crippen LogP contribution < -0.4 is 10.9 Å². The Morgan fingerprint density at radius 3 is 2.45 bits per heavy atom. The number of carbonyl (C=O) groups is 1.